The average Bonchev–Trinajstić information content (AvgIpc) is 3.34. The van der Waals surface area contributed by atoms with Gasteiger partial charge in [-0.25, -0.2) is 4.68 Å². The highest BCUT2D eigenvalue weighted by Gasteiger charge is 2.33. The summed E-state index contributed by atoms with van der Waals surface area (Å²) >= 11 is 0. The van der Waals surface area contributed by atoms with Crippen LogP contribution < -0.4 is 14.8 Å². The van der Waals surface area contributed by atoms with Gasteiger partial charge in [0.2, 0.25) is 12.7 Å². The zero-order valence-corrected chi connectivity index (χ0v) is 15.6. The van der Waals surface area contributed by atoms with Crippen LogP contribution in [0.4, 0.5) is 19.0 Å². The maximum Gasteiger partial charge on any atom is 0.416 e. The molecule has 2 aromatic carbocycles. The molecule has 0 radical (unpaired) electrons. The van der Waals surface area contributed by atoms with Crippen molar-refractivity contribution in [3.05, 3.63) is 70.9 Å². The Hall–Kier alpha value is -3.49. The number of ether oxygens (including phenoxy) is 2. The number of carbonyl (C=O) groups is 1. The first-order valence-corrected chi connectivity index (χ1v) is 9.30. The van der Waals surface area contributed by atoms with E-state index in [9.17, 15) is 18.0 Å². The summed E-state index contributed by atoms with van der Waals surface area (Å²) in [5.74, 6) is 1.31. The molecule has 5 rings (SSSR count). The lowest BCUT2D eigenvalue weighted by Crippen LogP contribution is -2.25. The number of benzene rings is 2. The fraction of sp³-hybridized carbons (Fsp3) is 0.238. The molecular formula is C21H16F3N3O3. The van der Waals surface area contributed by atoms with Crippen LogP contribution in [-0.2, 0) is 17.5 Å². The fourth-order valence-corrected chi connectivity index (χ4v) is 3.80. The van der Waals surface area contributed by atoms with Crippen LogP contribution in [0.2, 0.25) is 0 Å². The summed E-state index contributed by atoms with van der Waals surface area (Å²) < 4.78 is 51.0. The molecular weight excluding hydrogens is 399 g/mol. The summed E-state index contributed by atoms with van der Waals surface area (Å²) in [5.41, 5.74) is 1.61. The van der Waals surface area contributed by atoms with Gasteiger partial charge in [0.05, 0.1) is 18.3 Å². The minimum Gasteiger partial charge on any atom is -0.454 e. The lowest BCUT2D eigenvalue weighted by atomic mass is 9.87. The zero-order chi connectivity index (χ0) is 20.9. The molecule has 6 nitrogen and oxygen atoms in total. The van der Waals surface area contributed by atoms with Crippen molar-refractivity contribution >= 4 is 11.7 Å². The van der Waals surface area contributed by atoms with Crippen molar-refractivity contribution in [3.63, 3.8) is 0 Å². The van der Waals surface area contributed by atoms with Crippen molar-refractivity contribution in [2.24, 2.45) is 0 Å². The molecule has 9 heteroatoms. The highest BCUT2D eigenvalue weighted by Crippen LogP contribution is 2.39. The number of halogens is 3. The van der Waals surface area contributed by atoms with E-state index in [2.05, 4.69) is 10.4 Å². The van der Waals surface area contributed by atoms with E-state index in [1.807, 2.05) is 18.2 Å². The number of hydrogen-bond donors (Lipinski definition) is 1. The van der Waals surface area contributed by atoms with E-state index >= 15 is 0 Å². The lowest BCUT2D eigenvalue weighted by Gasteiger charge is -2.24. The molecule has 0 aliphatic carbocycles. The monoisotopic (exact) mass is 415 g/mol. The minimum atomic E-state index is -4.40. The highest BCUT2D eigenvalue weighted by molar-refractivity contribution is 5.94. The molecule has 30 heavy (non-hydrogen) atoms. The number of nitrogens with zero attached hydrogens (tertiary/aromatic N) is 2. The summed E-state index contributed by atoms with van der Waals surface area (Å²) in [7, 11) is 0. The van der Waals surface area contributed by atoms with Gasteiger partial charge >= 0.3 is 6.18 Å². The van der Waals surface area contributed by atoms with E-state index in [1.165, 1.54) is 12.1 Å². The first-order valence-electron chi connectivity index (χ1n) is 9.30. The Morgan fingerprint density at radius 3 is 2.63 bits per heavy atom. The van der Waals surface area contributed by atoms with E-state index in [0.717, 1.165) is 23.3 Å². The molecule has 3 heterocycles. The van der Waals surface area contributed by atoms with Gasteiger partial charge in [-0.3, -0.25) is 4.79 Å². The molecule has 2 aliphatic rings. The second kappa shape index (κ2) is 6.79. The molecule has 1 aromatic heterocycles. The van der Waals surface area contributed by atoms with Crippen LogP contribution in [0.25, 0.3) is 0 Å². The zero-order valence-electron chi connectivity index (χ0n) is 15.6. The minimum absolute atomic E-state index is 0.147. The van der Waals surface area contributed by atoms with E-state index in [4.69, 9.17) is 9.47 Å². The number of nitrogens with one attached hydrogen (secondary N) is 1. The van der Waals surface area contributed by atoms with E-state index in [-0.39, 0.29) is 25.0 Å². The second-order valence-corrected chi connectivity index (χ2v) is 7.22. The van der Waals surface area contributed by atoms with Crippen LogP contribution in [-0.4, -0.2) is 22.5 Å². The van der Waals surface area contributed by atoms with Crippen LogP contribution in [0.5, 0.6) is 11.5 Å². The van der Waals surface area contributed by atoms with Crippen molar-refractivity contribution in [1.82, 2.24) is 9.78 Å². The molecule has 1 N–H and O–H groups in total. The maximum atomic E-state index is 12.9. The maximum absolute atomic E-state index is 12.9. The normalized spacial score (nSPS) is 17.6. The molecule has 0 saturated heterocycles. The Kier molecular flexibility index (Phi) is 4.19. The molecule has 2 aliphatic heterocycles. The SMILES string of the molecule is O=C1C[C@@H](c2ccc(C(F)(F)F)cc2)c2cnn(Cc3ccc4c(c3)OCO4)c2N1. The quantitative estimate of drug-likeness (QED) is 0.698. The highest BCUT2D eigenvalue weighted by atomic mass is 19.4. The van der Waals surface area contributed by atoms with Gasteiger partial charge in [-0.1, -0.05) is 18.2 Å². The summed E-state index contributed by atoms with van der Waals surface area (Å²) in [6.45, 7) is 0.576. The van der Waals surface area contributed by atoms with Gasteiger partial charge in [0.1, 0.15) is 5.82 Å². The van der Waals surface area contributed by atoms with Gasteiger partial charge in [0.15, 0.2) is 11.5 Å². The molecule has 0 fully saturated rings. The molecule has 0 bridgehead atoms. The van der Waals surface area contributed by atoms with E-state index in [0.29, 0.717) is 29.4 Å². The van der Waals surface area contributed by atoms with Gasteiger partial charge in [0, 0.05) is 17.9 Å². The van der Waals surface area contributed by atoms with Crippen molar-refractivity contribution < 1.29 is 27.4 Å². The number of anilines is 1. The van der Waals surface area contributed by atoms with Crippen molar-refractivity contribution in [2.45, 2.75) is 25.1 Å². The first kappa shape index (κ1) is 18.5. The predicted molar refractivity (Wildman–Crippen MR) is 100 cm³/mol. The van der Waals surface area contributed by atoms with Crippen LogP contribution in [0.1, 0.15) is 34.6 Å². The van der Waals surface area contributed by atoms with Crippen molar-refractivity contribution in [1.29, 1.82) is 0 Å². The number of aromatic nitrogens is 2. The third-order valence-electron chi connectivity index (χ3n) is 5.30. The van der Waals surface area contributed by atoms with Gasteiger partial charge in [-0.05, 0) is 35.4 Å². The molecule has 154 valence electrons. The number of fused-ring (bicyclic) bond motifs is 2. The molecule has 0 saturated carbocycles. The topological polar surface area (TPSA) is 65.4 Å². The van der Waals surface area contributed by atoms with Crippen LogP contribution in [0.3, 0.4) is 0 Å². The van der Waals surface area contributed by atoms with E-state index in [1.54, 1.807) is 10.9 Å². The first-order chi connectivity index (χ1) is 14.4. The summed E-state index contributed by atoms with van der Waals surface area (Å²) in [4.78, 5) is 12.3. The average molecular weight is 415 g/mol. The van der Waals surface area contributed by atoms with Crippen LogP contribution in [0, 0.1) is 0 Å². The Bertz CT molecular complexity index is 1120. The Balaban J connectivity index is 1.45. The smallest absolute Gasteiger partial charge is 0.416 e. The lowest BCUT2D eigenvalue weighted by molar-refractivity contribution is -0.137. The van der Waals surface area contributed by atoms with Gasteiger partial charge < -0.3 is 14.8 Å². The van der Waals surface area contributed by atoms with Crippen LogP contribution in [0.15, 0.2) is 48.7 Å². The summed E-state index contributed by atoms with van der Waals surface area (Å²) in [6.07, 6.45) is -2.60. The summed E-state index contributed by atoms with van der Waals surface area (Å²) in [6, 6.07) is 10.5. The molecule has 1 atom stereocenters. The number of hydrogen-bond acceptors (Lipinski definition) is 4. The number of amides is 1. The Labute approximate surface area is 169 Å². The fourth-order valence-electron chi connectivity index (χ4n) is 3.80. The van der Waals surface area contributed by atoms with Gasteiger partial charge in [0.25, 0.3) is 0 Å². The van der Waals surface area contributed by atoms with Crippen LogP contribution >= 0.6 is 0 Å². The molecule has 1 amide bonds. The Morgan fingerprint density at radius 1 is 1.10 bits per heavy atom. The standard InChI is InChI=1S/C21H16F3N3O3/c22-21(23,24)14-4-2-13(3-5-14)15-8-19(28)26-20-16(15)9-25-27(20)10-12-1-6-17-18(7-12)30-11-29-17/h1-7,9,15H,8,10-11H2,(H,26,28)/t15-/m0/s1. The number of alkyl halides is 3. The van der Waals surface area contributed by atoms with Gasteiger partial charge in [-0.15, -0.1) is 0 Å². The largest absolute Gasteiger partial charge is 0.454 e. The third-order valence-corrected chi connectivity index (χ3v) is 5.30. The van der Waals surface area contributed by atoms with Crippen molar-refractivity contribution in [3.8, 4) is 11.5 Å². The second-order valence-electron chi connectivity index (χ2n) is 7.22. The van der Waals surface area contributed by atoms with E-state index < -0.39 is 11.7 Å². The molecule has 3 aromatic rings. The molecule has 0 spiro atoms. The third kappa shape index (κ3) is 3.26. The van der Waals surface area contributed by atoms with Gasteiger partial charge in [-0.2, -0.15) is 18.3 Å². The predicted octanol–water partition coefficient (Wildman–Crippen LogP) is 4.15. The summed E-state index contributed by atoms with van der Waals surface area (Å²) in [5, 5.41) is 7.25. The van der Waals surface area contributed by atoms with Crippen molar-refractivity contribution in [2.75, 3.05) is 12.1 Å². The molecule has 0 unspecified atom stereocenters. The number of rotatable bonds is 3. The number of carbonyl (C=O) groups excluding carboxylic acids is 1. The Morgan fingerprint density at radius 2 is 1.87 bits per heavy atom.